The van der Waals surface area contributed by atoms with Gasteiger partial charge in [0.25, 0.3) is 0 Å². The van der Waals surface area contributed by atoms with E-state index in [9.17, 15) is 13.2 Å². The Labute approximate surface area is 220 Å². The van der Waals surface area contributed by atoms with Crippen molar-refractivity contribution in [3.8, 4) is 6.01 Å². The maximum absolute atomic E-state index is 15.0. The van der Waals surface area contributed by atoms with Crippen molar-refractivity contribution >= 4 is 44.3 Å². The van der Waals surface area contributed by atoms with E-state index in [0.717, 1.165) is 25.7 Å². The van der Waals surface area contributed by atoms with Crippen molar-refractivity contribution in [2.45, 2.75) is 64.1 Å². The first-order chi connectivity index (χ1) is 17.2. The highest BCUT2D eigenvalue weighted by Gasteiger charge is 2.47. The van der Waals surface area contributed by atoms with Gasteiger partial charge in [-0.3, -0.25) is 4.90 Å². The Morgan fingerprint density at radius 2 is 1.86 bits per heavy atom. The summed E-state index contributed by atoms with van der Waals surface area (Å²) in [7, 11) is -3.18. The molecule has 2 aliphatic heterocycles. The van der Waals surface area contributed by atoms with Crippen molar-refractivity contribution in [2.24, 2.45) is 5.41 Å². The molecular formula is C24H31ClFN5O5S. The lowest BCUT2D eigenvalue weighted by Crippen LogP contribution is -2.57. The third kappa shape index (κ3) is 5.55. The fourth-order valence-corrected chi connectivity index (χ4v) is 6.90. The quantitative estimate of drug-likeness (QED) is 0.493. The van der Waals surface area contributed by atoms with Gasteiger partial charge in [0.1, 0.15) is 26.8 Å². The summed E-state index contributed by atoms with van der Waals surface area (Å²) in [6.45, 7) is 6.58. The van der Waals surface area contributed by atoms with E-state index in [1.807, 2.05) is 25.7 Å². The molecule has 13 heteroatoms. The van der Waals surface area contributed by atoms with Crippen LogP contribution in [0.25, 0.3) is 10.9 Å². The van der Waals surface area contributed by atoms with Gasteiger partial charge >= 0.3 is 12.1 Å². The van der Waals surface area contributed by atoms with Gasteiger partial charge in [-0.1, -0.05) is 11.6 Å². The average Bonchev–Trinajstić information content (AvgIpc) is 3.48. The molecule has 1 amide bonds. The van der Waals surface area contributed by atoms with Gasteiger partial charge in [-0.15, -0.1) is 0 Å². The molecule has 10 nitrogen and oxygen atoms in total. The summed E-state index contributed by atoms with van der Waals surface area (Å²) in [6, 6.07) is -0.222. The van der Waals surface area contributed by atoms with E-state index >= 15 is 4.39 Å². The first-order valence-electron chi connectivity index (χ1n) is 12.3. The summed E-state index contributed by atoms with van der Waals surface area (Å²) >= 11 is 5.95. The maximum atomic E-state index is 15.0. The van der Waals surface area contributed by atoms with E-state index in [0.29, 0.717) is 24.3 Å². The summed E-state index contributed by atoms with van der Waals surface area (Å²) in [6.07, 6.45) is 5.39. The first-order valence-corrected chi connectivity index (χ1v) is 14.8. The normalized spacial score (nSPS) is 22.9. The number of pyridine rings is 1. The van der Waals surface area contributed by atoms with E-state index in [-0.39, 0.29) is 47.2 Å². The number of hydrogen-bond acceptors (Lipinski definition) is 9. The van der Waals surface area contributed by atoms with Gasteiger partial charge in [0.2, 0.25) is 0 Å². The zero-order valence-corrected chi connectivity index (χ0v) is 22.9. The molecular weight excluding hydrogens is 525 g/mol. The monoisotopic (exact) mass is 555 g/mol. The van der Waals surface area contributed by atoms with Crippen LogP contribution in [0.4, 0.5) is 15.0 Å². The van der Waals surface area contributed by atoms with Crippen LogP contribution in [0.15, 0.2) is 6.20 Å². The number of anilines is 1. The van der Waals surface area contributed by atoms with E-state index in [1.165, 1.54) is 12.5 Å². The van der Waals surface area contributed by atoms with Crippen LogP contribution in [0.3, 0.4) is 0 Å². The molecule has 202 valence electrons. The fraction of sp³-hybridized carbons (Fsp3) is 0.667. The second-order valence-electron chi connectivity index (χ2n) is 11.5. The standard InChI is InChI=1S/C24H31ClFN5O5S/c1-23(2,3)36-22(32)31-14-5-6-15(31)11-30(10-14)20-16-9-27-19(25)17(26)18(16)28-21(29-20)35-12-24(7-8-24)13-37(4,33)34/h9,14-15H,5-8,10-13H2,1-4H3. The van der Waals surface area contributed by atoms with Crippen LogP contribution in [0.5, 0.6) is 6.01 Å². The Hall–Kier alpha value is -2.47. The number of carbonyl (C=O) groups excluding carboxylic acids is 1. The molecule has 1 aliphatic carbocycles. The maximum Gasteiger partial charge on any atom is 0.410 e. The zero-order chi connectivity index (χ0) is 26.8. The highest BCUT2D eigenvalue weighted by molar-refractivity contribution is 7.90. The molecule has 0 radical (unpaired) electrons. The summed E-state index contributed by atoms with van der Waals surface area (Å²) in [5.74, 6) is -0.322. The molecule has 37 heavy (non-hydrogen) atoms. The van der Waals surface area contributed by atoms with Crippen LogP contribution in [-0.4, -0.2) is 83.8 Å². The first kappa shape index (κ1) is 26.1. The van der Waals surface area contributed by atoms with Crippen molar-refractivity contribution in [1.82, 2.24) is 19.9 Å². The van der Waals surface area contributed by atoms with Crippen molar-refractivity contribution in [2.75, 3.05) is 36.6 Å². The molecule has 2 aromatic heterocycles. The molecule has 3 aliphatic rings. The number of fused-ring (bicyclic) bond motifs is 3. The van der Waals surface area contributed by atoms with Crippen LogP contribution in [-0.2, 0) is 14.6 Å². The SMILES string of the molecule is CC(C)(C)OC(=O)N1C2CCC1CN(c1nc(OCC3(CS(C)(=O)=O)CC3)nc3c(F)c(Cl)ncc13)C2. The van der Waals surface area contributed by atoms with Gasteiger partial charge in [0.15, 0.2) is 11.0 Å². The molecule has 3 fully saturated rings. The van der Waals surface area contributed by atoms with Gasteiger partial charge < -0.3 is 14.4 Å². The zero-order valence-electron chi connectivity index (χ0n) is 21.3. The van der Waals surface area contributed by atoms with Crippen LogP contribution in [0, 0.1) is 11.2 Å². The second kappa shape index (κ2) is 9.07. The van der Waals surface area contributed by atoms with Crippen molar-refractivity contribution in [3.05, 3.63) is 17.2 Å². The molecule has 2 bridgehead atoms. The minimum Gasteiger partial charge on any atom is -0.463 e. The largest absolute Gasteiger partial charge is 0.463 e. The fourth-order valence-electron chi connectivity index (χ4n) is 5.27. The van der Waals surface area contributed by atoms with Crippen LogP contribution in [0.2, 0.25) is 5.15 Å². The molecule has 2 aromatic rings. The minimum absolute atomic E-state index is 0.0144. The van der Waals surface area contributed by atoms with Crippen LogP contribution < -0.4 is 9.64 Å². The predicted octanol–water partition coefficient (Wildman–Crippen LogP) is 3.61. The number of halogens is 2. The molecule has 4 heterocycles. The van der Waals surface area contributed by atoms with Crippen molar-refractivity contribution in [3.63, 3.8) is 0 Å². The Morgan fingerprint density at radius 3 is 2.43 bits per heavy atom. The molecule has 1 saturated carbocycles. The average molecular weight is 556 g/mol. The topological polar surface area (TPSA) is 115 Å². The summed E-state index contributed by atoms with van der Waals surface area (Å²) in [5, 5.41) is 0.0743. The molecule has 0 N–H and O–H groups in total. The second-order valence-corrected chi connectivity index (χ2v) is 14.0. The molecule has 2 saturated heterocycles. The van der Waals surface area contributed by atoms with E-state index in [2.05, 4.69) is 15.0 Å². The highest BCUT2D eigenvalue weighted by Crippen LogP contribution is 2.47. The number of ether oxygens (including phenoxy) is 2. The number of carbonyl (C=O) groups is 1. The van der Waals surface area contributed by atoms with Crippen LogP contribution >= 0.6 is 11.6 Å². The number of nitrogens with zero attached hydrogens (tertiary/aromatic N) is 5. The van der Waals surface area contributed by atoms with Gasteiger partial charge in [-0.25, -0.2) is 22.6 Å². The molecule has 0 spiro atoms. The third-order valence-electron chi connectivity index (χ3n) is 7.02. The number of rotatable bonds is 6. The highest BCUT2D eigenvalue weighted by atomic mass is 35.5. The number of sulfone groups is 1. The lowest BCUT2D eigenvalue weighted by Gasteiger charge is -2.42. The lowest BCUT2D eigenvalue weighted by atomic mass is 10.1. The van der Waals surface area contributed by atoms with E-state index in [1.54, 1.807) is 4.90 Å². The summed E-state index contributed by atoms with van der Waals surface area (Å²) in [5.41, 5.74) is -1.09. The Balaban J connectivity index is 1.43. The molecule has 2 atom stereocenters. The van der Waals surface area contributed by atoms with Gasteiger partial charge in [0, 0.05) is 31.0 Å². The lowest BCUT2D eigenvalue weighted by molar-refractivity contribution is 0.0122. The Morgan fingerprint density at radius 1 is 1.22 bits per heavy atom. The van der Waals surface area contributed by atoms with Crippen molar-refractivity contribution in [1.29, 1.82) is 0 Å². The number of amides is 1. The Kier molecular flexibility index (Phi) is 6.41. The molecule has 2 unspecified atom stereocenters. The third-order valence-corrected chi connectivity index (χ3v) is 8.42. The van der Waals surface area contributed by atoms with Gasteiger partial charge in [-0.2, -0.15) is 9.97 Å². The van der Waals surface area contributed by atoms with E-state index in [4.69, 9.17) is 21.1 Å². The minimum atomic E-state index is -3.18. The van der Waals surface area contributed by atoms with E-state index < -0.39 is 26.7 Å². The van der Waals surface area contributed by atoms with Crippen molar-refractivity contribution < 1.29 is 27.1 Å². The smallest absolute Gasteiger partial charge is 0.410 e. The van der Waals surface area contributed by atoms with Crippen LogP contribution in [0.1, 0.15) is 46.5 Å². The number of piperazine rings is 1. The molecule has 5 rings (SSSR count). The summed E-state index contributed by atoms with van der Waals surface area (Å²) < 4.78 is 50.2. The number of hydrogen-bond donors (Lipinski definition) is 0. The molecule has 0 aromatic carbocycles. The van der Waals surface area contributed by atoms with Gasteiger partial charge in [0.05, 0.1) is 29.8 Å². The van der Waals surface area contributed by atoms with Gasteiger partial charge in [-0.05, 0) is 46.5 Å². The summed E-state index contributed by atoms with van der Waals surface area (Å²) in [4.78, 5) is 29.5. The number of aromatic nitrogens is 3. The Bertz CT molecular complexity index is 1330. The predicted molar refractivity (Wildman–Crippen MR) is 136 cm³/mol.